The number of nitrogens with zero attached hydrogens (tertiary/aromatic N) is 1. The number of hydrogen-bond donors (Lipinski definition) is 1. The van der Waals surface area contributed by atoms with E-state index in [9.17, 15) is 19.5 Å². The zero-order valence-electron chi connectivity index (χ0n) is 38.5. The predicted octanol–water partition coefficient (Wildman–Crippen LogP) is 10.3. The van der Waals surface area contributed by atoms with Crippen molar-refractivity contribution in [3.63, 3.8) is 0 Å². The molecule has 0 aromatic heterocycles. The Morgan fingerprint density at radius 2 is 1.37 bits per heavy atom. The number of hydrogen-bond acceptors (Lipinski definition) is 5. The van der Waals surface area contributed by atoms with Crippen molar-refractivity contribution in [2.24, 2.45) is 28.1 Å². The van der Waals surface area contributed by atoms with Gasteiger partial charge in [-0.1, -0.05) is 104 Å². The summed E-state index contributed by atoms with van der Waals surface area (Å²) in [5.74, 6) is -2.39. The number of anilines is 2. The summed E-state index contributed by atoms with van der Waals surface area (Å²) in [6.07, 6.45) is 14.1. The van der Waals surface area contributed by atoms with Gasteiger partial charge in [-0.25, -0.2) is 0 Å². The molecular formula is C53H74N2O4. The Balaban J connectivity index is 0.000000318. The van der Waals surface area contributed by atoms with Crippen LogP contribution in [0.4, 0.5) is 11.4 Å². The number of carbonyl (C=O) groups is 3. The molecule has 0 saturated heterocycles. The van der Waals surface area contributed by atoms with Crippen molar-refractivity contribution in [1.29, 1.82) is 0 Å². The van der Waals surface area contributed by atoms with Gasteiger partial charge in [-0.3, -0.25) is 14.4 Å². The summed E-state index contributed by atoms with van der Waals surface area (Å²) in [5.41, 5.74) is 5.96. The zero-order valence-corrected chi connectivity index (χ0v) is 38.5. The fraction of sp³-hybridized carbons (Fsp3) is 0.528. The molecule has 1 heterocycles. The van der Waals surface area contributed by atoms with Gasteiger partial charge in [0, 0.05) is 35.7 Å². The number of quaternary nitrogens is 1. The maximum Gasteiger partial charge on any atom is 0.179 e. The number of Topliss-reactive ketones (excluding diaryl/α,β-unsaturated/α-hetero) is 3. The van der Waals surface area contributed by atoms with E-state index in [1.165, 1.54) is 35.5 Å². The summed E-state index contributed by atoms with van der Waals surface area (Å²) < 4.78 is 0. The van der Waals surface area contributed by atoms with Crippen LogP contribution in [0.25, 0.3) is 0 Å². The number of ketones is 3. The fourth-order valence-electron chi connectivity index (χ4n) is 9.75. The van der Waals surface area contributed by atoms with E-state index in [0.717, 1.165) is 41.7 Å². The van der Waals surface area contributed by atoms with Gasteiger partial charge < -0.3 is 15.3 Å². The average molecular weight is 803 g/mol. The van der Waals surface area contributed by atoms with Crippen LogP contribution < -0.4 is 15.3 Å². The lowest BCUT2D eigenvalue weighted by atomic mass is 9.38. The first-order valence-electron chi connectivity index (χ1n) is 22.2. The van der Waals surface area contributed by atoms with Gasteiger partial charge in [0.2, 0.25) is 0 Å². The van der Waals surface area contributed by atoms with Crippen LogP contribution in [0.2, 0.25) is 0 Å². The lowest BCUT2D eigenvalue weighted by Gasteiger charge is -2.63. The number of benzene rings is 2. The van der Waals surface area contributed by atoms with Gasteiger partial charge in [-0.15, -0.1) is 5.76 Å². The van der Waals surface area contributed by atoms with Crippen LogP contribution in [-0.2, 0) is 27.2 Å². The van der Waals surface area contributed by atoms with Crippen molar-refractivity contribution in [2.75, 3.05) is 25.0 Å². The van der Waals surface area contributed by atoms with Gasteiger partial charge in [0.15, 0.2) is 22.8 Å². The first-order chi connectivity index (χ1) is 27.9. The second kappa shape index (κ2) is 20.3. The van der Waals surface area contributed by atoms with Gasteiger partial charge in [0.25, 0.3) is 0 Å². The van der Waals surface area contributed by atoms with E-state index in [1.54, 1.807) is 13.8 Å². The molecule has 1 aliphatic heterocycles. The van der Waals surface area contributed by atoms with Crippen molar-refractivity contribution in [1.82, 2.24) is 0 Å². The minimum absolute atomic E-state index is 0.126. The molecular weight excluding hydrogens is 729 g/mol. The Labute approximate surface area is 357 Å². The van der Waals surface area contributed by atoms with E-state index >= 15 is 0 Å². The van der Waals surface area contributed by atoms with E-state index in [1.807, 2.05) is 74.5 Å². The summed E-state index contributed by atoms with van der Waals surface area (Å²) in [6, 6.07) is 17.7. The molecule has 2 aromatic rings. The number of nitrogens with two attached hydrogens (primary N) is 1. The highest BCUT2D eigenvalue weighted by Gasteiger charge is 2.74. The fourth-order valence-corrected chi connectivity index (χ4v) is 9.75. The monoisotopic (exact) mass is 803 g/mol. The van der Waals surface area contributed by atoms with Crippen LogP contribution in [0.5, 0.6) is 0 Å². The van der Waals surface area contributed by atoms with E-state index in [0.29, 0.717) is 25.7 Å². The number of rotatable bonds is 15. The molecule has 5 rings (SSSR count). The molecule has 1 fully saturated rings. The molecule has 2 aromatic carbocycles. The summed E-state index contributed by atoms with van der Waals surface area (Å²) in [5, 5.41) is 16.6. The van der Waals surface area contributed by atoms with Gasteiger partial charge in [0.05, 0.1) is 13.6 Å². The van der Waals surface area contributed by atoms with E-state index in [-0.39, 0.29) is 35.9 Å². The lowest BCUT2D eigenvalue weighted by Crippen LogP contribution is -2.79. The molecule has 3 aliphatic rings. The van der Waals surface area contributed by atoms with Crippen molar-refractivity contribution in [2.45, 2.75) is 134 Å². The molecule has 1 saturated carbocycles. The molecule has 2 N–H and O–H groups in total. The van der Waals surface area contributed by atoms with Gasteiger partial charge in [0.1, 0.15) is 0 Å². The molecule has 2 bridgehead atoms. The summed E-state index contributed by atoms with van der Waals surface area (Å²) in [4.78, 5) is 46.7. The predicted molar refractivity (Wildman–Crippen MR) is 243 cm³/mol. The number of aryl methyl sites for hydroxylation is 2. The SMILES string of the molecule is CC(C)=CCC[C@]1(C)C(CC=C(C)C)C[C@@]2(CC=C(C)C)C(=O)[C@]1(C(=O)C(C)C)C(=O)C(CC=C(C)C)=C2[O-].C[NH2+]CCCN1c2ccccc2CCc2ccccc21. The quantitative estimate of drug-likeness (QED) is 0.110. The lowest BCUT2D eigenvalue weighted by molar-refractivity contribution is -0.626. The Hall–Kier alpha value is -4.29. The Morgan fingerprint density at radius 1 is 0.831 bits per heavy atom. The Morgan fingerprint density at radius 3 is 1.88 bits per heavy atom. The molecule has 1 unspecified atom stereocenters. The number of para-hydroxylation sites is 2. The zero-order chi connectivity index (χ0) is 43.7. The van der Waals surface area contributed by atoms with Crippen LogP contribution in [0, 0.1) is 28.1 Å². The third kappa shape index (κ3) is 9.86. The number of allylic oxidation sites excluding steroid dienone is 10. The molecule has 59 heavy (non-hydrogen) atoms. The molecule has 4 atom stereocenters. The van der Waals surface area contributed by atoms with Crippen molar-refractivity contribution >= 4 is 28.7 Å². The van der Waals surface area contributed by atoms with E-state index in [4.69, 9.17) is 0 Å². The van der Waals surface area contributed by atoms with Crippen LogP contribution in [0.1, 0.15) is 132 Å². The highest BCUT2D eigenvalue weighted by molar-refractivity contribution is 6.33. The maximum absolute atomic E-state index is 15.0. The van der Waals surface area contributed by atoms with E-state index < -0.39 is 33.7 Å². The van der Waals surface area contributed by atoms with Gasteiger partial charge >= 0.3 is 0 Å². The third-order valence-electron chi connectivity index (χ3n) is 13.0. The molecule has 320 valence electrons. The largest absolute Gasteiger partial charge is 0.874 e. The molecule has 0 radical (unpaired) electrons. The summed E-state index contributed by atoms with van der Waals surface area (Å²) >= 11 is 0. The second-order valence-corrected chi connectivity index (χ2v) is 18.9. The minimum Gasteiger partial charge on any atom is -0.874 e. The average Bonchev–Trinajstić information content (AvgIpc) is 3.34. The Kier molecular flexibility index (Phi) is 16.3. The van der Waals surface area contributed by atoms with Crippen molar-refractivity contribution in [3.8, 4) is 0 Å². The molecule has 0 spiro atoms. The molecule has 2 aliphatic carbocycles. The maximum atomic E-state index is 15.0. The summed E-state index contributed by atoms with van der Waals surface area (Å²) in [7, 11) is 2.14. The van der Waals surface area contributed by atoms with Crippen LogP contribution in [0.3, 0.4) is 0 Å². The van der Waals surface area contributed by atoms with Gasteiger partial charge in [-0.2, -0.15) is 0 Å². The molecule has 6 nitrogen and oxygen atoms in total. The normalized spacial score (nSPS) is 23.3. The minimum atomic E-state index is -1.87. The van der Waals surface area contributed by atoms with Crippen molar-refractivity contribution in [3.05, 3.63) is 118 Å². The second-order valence-electron chi connectivity index (χ2n) is 18.9. The van der Waals surface area contributed by atoms with E-state index in [2.05, 4.69) is 77.9 Å². The van der Waals surface area contributed by atoms with Gasteiger partial charge in [-0.05, 0) is 147 Å². The first-order valence-corrected chi connectivity index (χ1v) is 22.2. The van der Waals surface area contributed by atoms with Crippen LogP contribution in [0.15, 0.2) is 106 Å². The Bertz CT molecular complexity index is 1950. The van der Waals surface area contributed by atoms with Crippen LogP contribution >= 0.6 is 0 Å². The molecule has 6 heteroatoms. The standard InChI is InChI=1S/C35H52O4.C18H22N2/c1-22(2)13-12-19-33(11)27(16-14-23(3)4)21-34(20-18-25(7)8)30(37)28(17-15-24(5)6)31(38)35(33,32(34)39)29(36)26(9)10;1-19-13-6-14-20-17-9-4-2-7-15(17)11-12-16-8-3-5-10-18(16)20/h13-15,18,26-27,37H,12,16-17,19-21H2,1-11H3;2-5,7-10,19H,6,11-14H2,1H3/t27?,33-,34-,35+;/m1./s1. The number of carbonyl (C=O) groups excluding carboxylic acids is 3. The highest BCUT2D eigenvalue weighted by atomic mass is 16.3. The smallest absolute Gasteiger partial charge is 0.179 e. The first kappa shape index (κ1) is 47.4. The van der Waals surface area contributed by atoms with Crippen molar-refractivity contribution < 1.29 is 24.8 Å². The molecule has 0 amide bonds. The number of fused-ring (bicyclic) bond motifs is 4. The van der Waals surface area contributed by atoms with Crippen LogP contribution in [-0.4, -0.2) is 37.5 Å². The summed E-state index contributed by atoms with van der Waals surface area (Å²) in [6.45, 7) is 23.7. The topological polar surface area (TPSA) is 94.1 Å². The highest BCUT2D eigenvalue weighted by Crippen LogP contribution is 2.67. The third-order valence-corrected chi connectivity index (χ3v) is 13.0.